The lowest BCUT2D eigenvalue weighted by molar-refractivity contribution is 0.280. The summed E-state index contributed by atoms with van der Waals surface area (Å²) >= 11 is 11.6. The van der Waals surface area contributed by atoms with Gasteiger partial charge >= 0.3 is 0 Å². The highest BCUT2D eigenvalue weighted by Crippen LogP contribution is 2.23. The van der Waals surface area contributed by atoms with E-state index in [4.69, 9.17) is 32.8 Å². The van der Waals surface area contributed by atoms with E-state index >= 15 is 0 Å². The van der Waals surface area contributed by atoms with Gasteiger partial charge in [0.2, 0.25) is 5.89 Å². The minimum absolute atomic E-state index is 0.0856. The summed E-state index contributed by atoms with van der Waals surface area (Å²) in [5.74, 6) is 0.249. The zero-order chi connectivity index (χ0) is 18.7. The van der Waals surface area contributed by atoms with Crippen molar-refractivity contribution in [3.63, 3.8) is 0 Å². The van der Waals surface area contributed by atoms with Crippen LogP contribution in [0, 0.1) is 0 Å². The highest BCUT2D eigenvalue weighted by atomic mass is 35.5. The Bertz CT molecular complexity index is 959. The Morgan fingerprint density at radius 3 is 2.69 bits per heavy atom. The normalized spacial score (nSPS) is 12.3. The summed E-state index contributed by atoms with van der Waals surface area (Å²) in [6, 6.07) is 6.37. The molecule has 3 rings (SSSR count). The molecule has 26 heavy (non-hydrogen) atoms. The molecule has 1 atom stereocenters. The van der Waals surface area contributed by atoms with Gasteiger partial charge in [-0.2, -0.15) is 10.1 Å². The number of hydrogen-bond acceptors (Lipinski definition) is 6. The SMILES string of the molecule is O=c1c(Cl)c(CO)cnn1Cc1nc(C[C@@H](F)c2ccc(Cl)cc2)no1. The van der Waals surface area contributed by atoms with Crippen LogP contribution in [-0.2, 0) is 19.6 Å². The summed E-state index contributed by atoms with van der Waals surface area (Å²) in [5, 5.41) is 17.0. The lowest BCUT2D eigenvalue weighted by Gasteiger charge is -2.05. The average molecular weight is 399 g/mol. The summed E-state index contributed by atoms with van der Waals surface area (Å²) in [6.07, 6.45) is -0.131. The maximum atomic E-state index is 14.3. The highest BCUT2D eigenvalue weighted by Gasteiger charge is 2.17. The van der Waals surface area contributed by atoms with Gasteiger partial charge < -0.3 is 9.63 Å². The molecule has 1 N–H and O–H groups in total. The van der Waals surface area contributed by atoms with Crippen LogP contribution in [0.4, 0.5) is 4.39 Å². The maximum Gasteiger partial charge on any atom is 0.286 e. The van der Waals surface area contributed by atoms with Gasteiger partial charge in [0.25, 0.3) is 5.56 Å². The van der Waals surface area contributed by atoms with Crippen molar-refractivity contribution in [1.29, 1.82) is 0 Å². The molecule has 0 aliphatic rings. The quantitative estimate of drug-likeness (QED) is 0.685. The van der Waals surface area contributed by atoms with Gasteiger partial charge in [-0.05, 0) is 17.7 Å². The van der Waals surface area contributed by atoms with E-state index in [0.717, 1.165) is 4.68 Å². The Balaban J connectivity index is 1.71. The van der Waals surface area contributed by atoms with Crippen molar-refractivity contribution in [2.75, 3.05) is 0 Å². The summed E-state index contributed by atoms with van der Waals surface area (Å²) < 4.78 is 20.4. The second-order valence-corrected chi connectivity index (χ2v) is 6.25. The number of alkyl halides is 1. The molecular formula is C16H13Cl2FN4O3. The molecule has 3 aromatic rings. The van der Waals surface area contributed by atoms with Crippen LogP contribution in [-0.4, -0.2) is 25.0 Å². The summed E-state index contributed by atoms with van der Waals surface area (Å²) in [6.45, 7) is -0.510. The van der Waals surface area contributed by atoms with Crippen molar-refractivity contribution in [2.45, 2.75) is 25.7 Å². The van der Waals surface area contributed by atoms with Crippen molar-refractivity contribution >= 4 is 23.2 Å². The van der Waals surface area contributed by atoms with Gasteiger partial charge in [0.05, 0.1) is 12.8 Å². The third kappa shape index (κ3) is 4.09. The van der Waals surface area contributed by atoms with E-state index in [-0.39, 0.29) is 35.3 Å². The molecule has 0 saturated heterocycles. The third-order valence-corrected chi connectivity index (χ3v) is 4.27. The number of aliphatic hydroxyl groups excluding tert-OH is 1. The van der Waals surface area contributed by atoms with Gasteiger partial charge in [-0.3, -0.25) is 4.79 Å². The Hall–Kier alpha value is -2.29. The zero-order valence-corrected chi connectivity index (χ0v) is 14.8. The molecule has 7 nitrogen and oxygen atoms in total. The molecule has 10 heteroatoms. The molecule has 0 radical (unpaired) electrons. The molecule has 0 amide bonds. The molecule has 136 valence electrons. The zero-order valence-electron chi connectivity index (χ0n) is 13.3. The van der Waals surface area contributed by atoms with Crippen molar-refractivity contribution < 1.29 is 14.0 Å². The van der Waals surface area contributed by atoms with Crippen LogP contribution in [0.1, 0.15) is 29.0 Å². The maximum absolute atomic E-state index is 14.3. The van der Waals surface area contributed by atoms with Crippen molar-refractivity contribution in [3.8, 4) is 0 Å². The van der Waals surface area contributed by atoms with Crippen LogP contribution in [0.25, 0.3) is 0 Å². The standard InChI is InChI=1S/C16H13Cl2FN4O3/c17-11-3-1-9(2-4-11)12(19)5-13-21-14(26-22-13)7-23-16(25)15(18)10(8-24)6-20-23/h1-4,6,12,24H,5,7-8H2/t12-/m1/s1. The third-order valence-electron chi connectivity index (χ3n) is 3.62. The number of rotatable bonds is 6. The fraction of sp³-hybridized carbons (Fsp3) is 0.250. The molecule has 0 aliphatic heterocycles. The van der Waals surface area contributed by atoms with Gasteiger partial charge in [0, 0.05) is 17.0 Å². The number of halogens is 3. The molecule has 1 aromatic carbocycles. The molecular weight excluding hydrogens is 386 g/mol. The first-order valence-electron chi connectivity index (χ1n) is 7.54. The van der Waals surface area contributed by atoms with E-state index < -0.39 is 18.3 Å². The van der Waals surface area contributed by atoms with E-state index in [9.17, 15) is 9.18 Å². The number of nitrogens with zero attached hydrogens (tertiary/aromatic N) is 4. The Morgan fingerprint density at radius 2 is 2.00 bits per heavy atom. The molecule has 0 unspecified atom stereocenters. The average Bonchev–Trinajstić information content (AvgIpc) is 3.06. The van der Waals surface area contributed by atoms with E-state index in [1.54, 1.807) is 24.3 Å². The first-order valence-corrected chi connectivity index (χ1v) is 8.30. The number of hydrogen-bond donors (Lipinski definition) is 1. The van der Waals surface area contributed by atoms with E-state index in [1.165, 1.54) is 6.20 Å². The minimum Gasteiger partial charge on any atom is -0.392 e. The largest absolute Gasteiger partial charge is 0.392 e. The molecule has 2 aromatic heterocycles. The monoisotopic (exact) mass is 398 g/mol. The van der Waals surface area contributed by atoms with Gasteiger partial charge in [-0.15, -0.1) is 0 Å². The van der Waals surface area contributed by atoms with Gasteiger partial charge in [-0.1, -0.05) is 40.5 Å². The summed E-state index contributed by atoms with van der Waals surface area (Å²) in [5.41, 5.74) is 0.0786. The van der Waals surface area contributed by atoms with E-state index in [2.05, 4.69) is 15.2 Å². The topological polar surface area (TPSA) is 94.0 Å². The lowest BCUT2D eigenvalue weighted by Crippen LogP contribution is -2.25. The molecule has 0 bridgehead atoms. The first-order chi connectivity index (χ1) is 12.5. The van der Waals surface area contributed by atoms with Crippen molar-refractivity contribution in [2.24, 2.45) is 0 Å². The minimum atomic E-state index is -1.32. The van der Waals surface area contributed by atoms with Crippen LogP contribution >= 0.6 is 23.2 Å². The van der Waals surface area contributed by atoms with Crippen molar-refractivity contribution in [3.05, 3.63) is 73.7 Å². The number of aliphatic hydroxyl groups is 1. The Morgan fingerprint density at radius 1 is 1.27 bits per heavy atom. The van der Waals surface area contributed by atoms with Crippen LogP contribution in [0.3, 0.4) is 0 Å². The summed E-state index contributed by atoms with van der Waals surface area (Å²) in [7, 11) is 0. The van der Waals surface area contributed by atoms with Crippen LogP contribution in [0.15, 0.2) is 39.8 Å². The predicted octanol–water partition coefficient (Wildman–Crippen LogP) is 2.73. The van der Waals surface area contributed by atoms with Crippen LogP contribution < -0.4 is 5.56 Å². The summed E-state index contributed by atoms with van der Waals surface area (Å²) in [4.78, 5) is 16.1. The second-order valence-electron chi connectivity index (χ2n) is 5.43. The smallest absolute Gasteiger partial charge is 0.286 e. The van der Waals surface area contributed by atoms with Crippen LogP contribution in [0.2, 0.25) is 10.0 Å². The second kappa shape index (κ2) is 7.94. The van der Waals surface area contributed by atoms with Crippen molar-refractivity contribution in [1.82, 2.24) is 19.9 Å². The van der Waals surface area contributed by atoms with E-state index in [1.807, 2.05) is 0 Å². The molecule has 0 fully saturated rings. The van der Waals surface area contributed by atoms with Gasteiger partial charge in [-0.25, -0.2) is 9.07 Å². The highest BCUT2D eigenvalue weighted by molar-refractivity contribution is 6.31. The molecule has 0 saturated carbocycles. The van der Waals surface area contributed by atoms with Gasteiger partial charge in [0.15, 0.2) is 5.82 Å². The number of aromatic nitrogens is 4. The fourth-order valence-corrected chi connectivity index (χ4v) is 2.57. The molecule has 0 spiro atoms. The van der Waals surface area contributed by atoms with Crippen LogP contribution in [0.5, 0.6) is 0 Å². The van der Waals surface area contributed by atoms with E-state index in [0.29, 0.717) is 10.6 Å². The van der Waals surface area contributed by atoms with Gasteiger partial charge in [0.1, 0.15) is 17.7 Å². The number of benzene rings is 1. The molecule has 0 aliphatic carbocycles. The lowest BCUT2D eigenvalue weighted by atomic mass is 10.1. The molecule has 2 heterocycles. The predicted molar refractivity (Wildman–Crippen MR) is 91.8 cm³/mol. The first kappa shape index (κ1) is 18.5. The Labute approximate surface area is 157 Å². The fourth-order valence-electron chi connectivity index (χ4n) is 2.24. The Kier molecular flexibility index (Phi) is 5.65.